The van der Waals surface area contributed by atoms with Crippen LogP contribution in [0, 0.1) is 6.92 Å². The fourth-order valence-corrected chi connectivity index (χ4v) is 2.41. The van der Waals surface area contributed by atoms with Gasteiger partial charge < -0.3 is 5.32 Å². The average Bonchev–Trinajstić information content (AvgIpc) is 2.90. The number of rotatable bonds is 5. The molecule has 0 aliphatic carbocycles. The molecule has 2 heterocycles. The molecule has 0 saturated heterocycles. The third kappa shape index (κ3) is 3.31. The van der Waals surface area contributed by atoms with Crippen LogP contribution in [-0.2, 0) is 6.54 Å². The van der Waals surface area contributed by atoms with Crippen LogP contribution in [0.2, 0.25) is 5.02 Å². The molecular formula is C12H16ClN3S. The average molecular weight is 270 g/mol. The Morgan fingerprint density at radius 3 is 3.00 bits per heavy atom. The lowest BCUT2D eigenvalue weighted by Gasteiger charge is -2.12. The zero-order valence-electron chi connectivity index (χ0n) is 9.98. The molecule has 0 aliphatic rings. The molecule has 2 aromatic heterocycles. The van der Waals surface area contributed by atoms with Crippen molar-refractivity contribution in [1.82, 2.24) is 15.1 Å². The lowest BCUT2D eigenvalue weighted by atomic mass is 10.3. The van der Waals surface area contributed by atoms with Crippen LogP contribution < -0.4 is 5.32 Å². The topological polar surface area (TPSA) is 29.9 Å². The molecule has 2 rings (SSSR count). The Bertz CT molecular complexity index is 445. The van der Waals surface area contributed by atoms with Crippen molar-refractivity contribution in [1.29, 1.82) is 0 Å². The molecule has 1 atom stereocenters. The maximum absolute atomic E-state index is 5.99. The Balaban J connectivity index is 1.83. The number of halogens is 1. The third-order valence-corrected chi connectivity index (χ3v) is 3.87. The van der Waals surface area contributed by atoms with E-state index < -0.39 is 0 Å². The summed E-state index contributed by atoms with van der Waals surface area (Å²) in [7, 11) is 0. The normalized spacial score (nSPS) is 12.9. The van der Waals surface area contributed by atoms with E-state index in [0.717, 1.165) is 23.8 Å². The summed E-state index contributed by atoms with van der Waals surface area (Å²) in [4.78, 5) is 1.35. The summed E-state index contributed by atoms with van der Waals surface area (Å²) >= 11 is 7.76. The van der Waals surface area contributed by atoms with Gasteiger partial charge in [0.25, 0.3) is 0 Å². The van der Waals surface area contributed by atoms with Crippen molar-refractivity contribution in [2.24, 2.45) is 0 Å². The summed E-state index contributed by atoms with van der Waals surface area (Å²) in [6, 6.07) is 4.51. The zero-order valence-corrected chi connectivity index (χ0v) is 11.6. The van der Waals surface area contributed by atoms with Crippen LogP contribution in [0.3, 0.4) is 0 Å². The molecule has 0 fully saturated rings. The number of aromatic nitrogens is 2. The van der Waals surface area contributed by atoms with Gasteiger partial charge in [-0.2, -0.15) is 5.10 Å². The first-order chi connectivity index (χ1) is 8.16. The highest BCUT2D eigenvalue weighted by Crippen LogP contribution is 2.15. The van der Waals surface area contributed by atoms with E-state index in [1.807, 2.05) is 17.8 Å². The summed E-state index contributed by atoms with van der Waals surface area (Å²) in [6.07, 6.45) is 1.88. The molecule has 0 radical (unpaired) electrons. The van der Waals surface area contributed by atoms with Gasteiger partial charge in [0.15, 0.2) is 0 Å². The number of hydrogen-bond acceptors (Lipinski definition) is 3. The lowest BCUT2D eigenvalue weighted by Crippen LogP contribution is -2.23. The standard InChI is InChI=1S/C12H16ClN3S/c1-9(16-8-12(13)10(2)15-16)6-14-7-11-4-3-5-17-11/h3-5,8-9,14H,6-7H2,1-2H3. The molecule has 0 aromatic carbocycles. The van der Waals surface area contributed by atoms with Gasteiger partial charge in [-0.3, -0.25) is 4.68 Å². The minimum absolute atomic E-state index is 0.307. The molecule has 17 heavy (non-hydrogen) atoms. The van der Waals surface area contributed by atoms with Gasteiger partial charge in [-0.25, -0.2) is 0 Å². The second-order valence-electron chi connectivity index (χ2n) is 4.10. The molecule has 1 unspecified atom stereocenters. The Hall–Kier alpha value is -0.840. The summed E-state index contributed by atoms with van der Waals surface area (Å²) in [5.41, 5.74) is 0.886. The van der Waals surface area contributed by atoms with E-state index in [0.29, 0.717) is 6.04 Å². The monoisotopic (exact) mass is 269 g/mol. The van der Waals surface area contributed by atoms with Gasteiger partial charge in [-0.1, -0.05) is 17.7 Å². The number of aryl methyl sites for hydroxylation is 1. The van der Waals surface area contributed by atoms with E-state index >= 15 is 0 Å². The van der Waals surface area contributed by atoms with Crippen molar-refractivity contribution >= 4 is 22.9 Å². The van der Waals surface area contributed by atoms with Gasteiger partial charge in [0.05, 0.1) is 16.8 Å². The predicted octanol–water partition coefficient (Wildman–Crippen LogP) is 3.26. The lowest BCUT2D eigenvalue weighted by molar-refractivity contribution is 0.452. The number of nitrogens with one attached hydrogen (secondary N) is 1. The first-order valence-corrected chi connectivity index (χ1v) is 6.87. The van der Waals surface area contributed by atoms with Crippen LogP contribution in [0.1, 0.15) is 23.5 Å². The van der Waals surface area contributed by atoms with Crippen molar-refractivity contribution in [3.05, 3.63) is 39.3 Å². The van der Waals surface area contributed by atoms with Crippen LogP contribution in [0.5, 0.6) is 0 Å². The van der Waals surface area contributed by atoms with Crippen LogP contribution in [0.15, 0.2) is 23.7 Å². The van der Waals surface area contributed by atoms with Crippen molar-refractivity contribution < 1.29 is 0 Å². The van der Waals surface area contributed by atoms with Crippen LogP contribution in [0.25, 0.3) is 0 Å². The highest BCUT2D eigenvalue weighted by Gasteiger charge is 2.08. The summed E-state index contributed by atoms with van der Waals surface area (Å²) in [5, 5.41) is 10.6. The fourth-order valence-electron chi connectivity index (χ4n) is 1.60. The largest absolute Gasteiger partial charge is 0.310 e. The Morgan fingerprint density at radius 2 is 2.41 bits per heavy atom. The van der Waals surface area contributed by atoms with Gasteiger partial charge >= 0.3 is 0 Å². The first kappa shape index (κ1) is 12.6. The van der Waals surface area contributed by atoms with Gasteiger partial charge in [-0.05, 0) is 25.3 Å². The van der Waals surface area contributed by atoms with Crippen LogP contribution >= 0.6 is 22.9 Å². The first-order valence-electron chi connectivity index (χ1n) is 5.61. The maximum atomic E-state index is 5.99. The van der Waals surface area contributed by atoms with E-state index in [1.165, 1.54) is 4.88 Å². The summed E-state index contributed by atoms with van der Waals surface area (Å²) in [6.45, 7) is 5.85. The quantitative estimate of drug-likeness (QED) is 0.903. The van der Waals surface area contributed by atoms with Gasteiger partial charge in [0.1, 0.15) is 0 Å². The Morgan fingerprint density at radius 1 is 1.59 bits per heavy atom. The van der Waals surface area contributed by atoms with E-state index in [-0.39, 0.29) is 0 Å². The van der Waals surface area contributed by atoms with Crippen LogP contribution in [0.4, 0.5) is 0 Å². The molecular weight excluding hydrogens is 254 g/mol. The van der Waals surface area contributed by atoms with Gasteiger partial charge in [0, 0.05) is 24.2 Å². The smallest absolute Gasteiger partial charge is 0.0815 e. The third-order valence-electron chi connectivity index (χ3n) is 2.63. The van der Waals surface area contributed by atoms with Crippen LogP contribution in [-0.4, -0.2) is 16.3 Å². The molecule has 0 saturated carbocycles. The maximum Gasteiger partial charge on any atom is 0.0815 e. The van der Waals surface area contributed by atoms with Gasteiger partial charge in [-0.15, -0.1) is 11.3 Å². The SMILES string of the molecule is Cc1nn(C(C)CNCc2cccs2)cc1Cl. The molecule has 3 nitrogen and oxygen atoms in total. The Kier molecular flexibility index (Phi) is 4.20. The number of hydrogen-bond donors (Lipinski definition) is 1. The number of nitrogens with zero attached hydrogens (tertiary/aromatic N) is 2. The fraction of sp³-hybridized carbons (Fsp3) is 0.417. The van der Waals surface area contributed by atoms with Crippen molar-refractivity contribution in [2.75, 3.05) is 6.54 Å². The van der Waals surface area contributed by atoms with Crippen molar-refractivity contribution in [2.45, 2.75) is 26.4 Å². The second-order valence-corrected chi connectivity index (χ2v) is 5.54. The molecule has 5 heteroatoms. The summed E-state index contributed by atoms with van der Waals surface area (Å²) < 4.78 is 1.92. The van der Waals surface area contributed by atoms with Crippen molar-refractivity contribution in [3.8, 4) is 0 Å². The molecule has 92 valence electrons. The molecule has 1 N–H and O–H groups in total. The second kappa shape index (κ2) is 5.67. The highest BCUT2D eigenvalue weighted by molar-refractivity contribution is 7.09. The highest BCUT2D eigenvalue weighted by atomic mass is 35.5. The predicted molar refractivity (Wildman–Crippen MR) is 72.7 cm³/mol. The zero-order chi connectivity index (χ0) is 12.3. The summed E-state index contributed by atoms with van der Waals surface area (Å²) in [5.74, 6) is 0. The minimum Gasteiger partial charge on any atom is -0.310 e. The van der Waals surface area contributed by atoms with E-state index in [1.54, 1.807) is 11.3 Å². The molecule has 0 bridgehead atoms. The van der Waals surface area contributed by atoms with E-state index in [9.17, 15) is 0 Å². The van der Waals surface area contributed by atoms with E-state index in [2.05, 4.69) is 34.9 Å². The van der Waals surface area contributed by atoms with Crippen molar-refractivity contribution in [3.63, 3.8) is 0 Å². The Labute approximate surface area is 110 Å². The molecule has 2 aromatic rings. The molecule has 0 aliphatic heterocycles. The molecule has 0 amide bonds. The number of thiophene rings is 1. The van der Waals surface area contributed by atoms with Gasteiger partial charge in [0.2, 0.25) is 0 Å². The van der Waals surface area contributed by atoms with E-state index in [4.69, 9.17) is 11.6 Å². The molecule has 0 spiro atoms. The minimum atomic E-state index is 0.307.